The third-order valence-electron chi connectivity index (χ3n) is 4.10. The Morgan fingerprint density at radius 2 is 1.96 bits per heavy atom. The summed E-state index contributed by atoms with van der Waals surface area (Å²) >= 11 is 3.36. The Balaban J connectivity index is 1.73. The van der Waals surface area contributed by atoms with Crippen LogP contribution in [0.3, 0.4) is 0 Å². The maximum Gasteiger partial charge on any atom is 0.209 e. The van der Waals surface area contributed by atoms with Gasteiger partial charge in [-0.3, -0.25) is 4.90 Å². The second-order valence-corrected chi connectivity index (χ2v) is 6.93. The van der Waals surface area contributed by atoms with Crippen LogP contribution in [-0.4, -0.2) is 35.3 Å². The molecule has 0 aliphatic carbocycles. The number of aliphatic hydroxyl groups excluding tert-OH is 1. The molecular weight excluding hydrogens is 415 g/mol. The molecule has 1 heterocycles. The van der Waals surface area contributed by atoms with Crippen molar-refractivity contribution < 1.29 is 18.7 Å². The highest BCUT2D eigenvalue weighted by Crippen LogP contribution is 2.24. The molecule has 27 heavy (non-hydrogen) atoms. The highest BCUT2D eigenvalue weighted by molar-refractivity contribution is 9.10. The molecule has 3 aromatic rings. The molecule has 2 aromatic carbocycles. The van der Waals surface area contributed by atoms with Gasteiger partial charge in [0.2, 0.25) is 5.89 Å². The fourth-order valence-electron chi connectivity index (χ4n) is 2.72. The number of halogens is 2. The van der Waals surface area contributed by atoms with Gasteiger partial charge in [0.05, 0.1) is 26.5 Å². The minimum Gasteiger partial charge on any atom is -0.497 e. The molecule has 3 rings (SSSR count). The van der Waals surface area contributed by atoms with E-state index in [2.05, 4.69) is 20.9 Å². The van der Waals surface area contributed by atoms with Crippen LogP contribution in [-0.2, 0) is 13.1 Å². The van der Waals surface area contributed by atoms with Gasteiger partial charge in [0, 0.05) is 28.7 Å². The average Bonchev–Trinajstić information content (AvgIpc) is 3.13. The molecule has 0 fully saturated rings. The van der Waals surface area contributed by atoms with Crippen molar-refractivity contribution in [3.05, 3.63) is 70.4 Å². The Labute approximate surface area is 165 Å². The molecule has 0 amide bonds. The van der Waals surface area contributed by atoms with Gasteiger partial charge in [0.1, 0.15) is 11.6 Å². The number of rotatable bonds is 8. The van der Waals surface area contributed by atoms with E-state index >= 15 is 0 Å². The molecule has 0 radical (unpaired) electrons. The third-order valence-corrected chi connectivity index (χ3v) is 4.60. The topological polar surface area (TPSA) is 58.7 Å². The van der Waals surface area contributed by atoms with Gasteiger partial charge in [-0.25, -0.2) is 9.37 Å². The highest BCUT2D eigenvalue weighted by atomic mass is 79.9. The zero-order valence-corrected chi connectivity index (χ0v) is 16.4. The lowest BCUT2D eigenvalue weighted by Crippen LogP contribution is -2.26. The van der Waals surface area contributed by atoms with E-state index in [4.69, 9.17) is 9.15 Å². The molecule has 0 saturated heterocycles. The summed E-state index contributed by atoms with van der Waals surface area (Å²) in [4.78, 5) is 6.20. The quantitative estimate of drug-likeness (QED) is 0.574. The zero-order valence-electron chi connectivity index (χ0n) is 14.9. The fraction of sp³-hybridized carbons (Fsp3) is 0.250. The maximum atomic E-state index is 14.0. The Hall–Kier alpha value is -2.22. The normalized spacial score (nSPS) is 11.1. The third kappa shape index (κ3) is 5.15. The van der Waals surface area contributed by atoms with Gasteiger partial charge in [-0.15, -0.1) is 0 Å². The molecule has 1 N–H and O–H groups in total. The number of benzene rings is 2. The van der Waals surface area contributed by atoms with Crippen molar-refractivity contribution in [3.63, 3.8) is 0 Å². The number of hydrogen-bond donors (Lipinski definition) is 1. The largest absolute Gasteiger partial charge is 0.497 e. The minimum absolute atomic E-state index is 0.0400. The Morgan fingerprint density at radius 3 is 2.67 bits per heavy atom. The van der Waals surface area contributed by atoms with E-state index in [0.717, 1.165) is 15.8 Å². The van der Waals surface area contributed by atoms with Crippen molar-refractivity contribution in [2.75, 3.05) is 20.3 Å². The number of nitrogens with zero attached hydrogens (tertiary/aromatic N) is 2. The molecule has 1 aromatic heterocycles. The predicted molar refractivity (Wildman–Crippen MR) is 104 cm³/mol. The summed E-state index contributed by atoms with van der Waals surface area (Å²) in [5.41, 5.74) is 1.43. The second-order valence-electron chi connectivity index (χ2n) is 6.02. The number of ether oxygens (including phenoxy) is 1. The summed E-state index contributed by atoms with van der Waals surface area (Å²) in [7, 11) is 1.62. The standard InChI is InChI=1S/C20H20BrFN2O3/c1-26-17-5-2-14(3-6-17)19-11-23-20(27-19)13-24(8-9-25)12-15-10-16(21)4-7-18(15)22/h2-7,10-11,25H,8-9,12-13H2,1H3. The van der Waals surface area contributed by atoms with Crippen LogP contribution in [0.5, 0.6) is 5.75 Å². The molecule has 5 nitrogen and oxygen atoms in total. The number of aliphatic hydroxyl groups is 1. The number of aromatic nitrogens is 1. The van der Waals surface area contributed by atoms with Crippen LogP contribution in [0.4, 0.5) is 4.39 Å². The van der Waals surface area contributed by atoms with Gasteiger partial charge < -0.3 is 14.3 Å². The van der Waals surface area contributed by atoms with Crippen molar-refractivity contribution in [3.8, 4) is 17.1 Å². The van der Waals surface area contributed by atoms with E-state index in [9.17, 15) is 9.50 Å². The summed E-state index contributed by atoms with van der Waals surface area (Å²) in [6.07, 6.45) is 1.66. The molecule has 0 unspecified atom stereocenters. The molecule has 0 aliphatic rings. The number of oxazole rings is 1. The monoisotopic (exact) mass is 434 g/mol. The van der Waals surface area contributed by atoms with Crippen LogP contribution in [0, 0.1) is 5.82 Å². The van der Waals surface area contributed by atoms with Gasteiger partial charge in [0.15, 0.2) is 5.76 Å². The molecule has 142 valence electrons. The lowest BCUT2D eigenvalue weighted by Gasteiger charge is -2.20. The first-order valence-electron chi connectivity index (χ1n) is 8.45. The van der Waals surface area contributed by atoms with Crippen LogP contribution < -0.4 is 4.74 Å². The van der Waals surface area contributed by atoms with Crippen molar-refractivity contribution in [1.82, 2.24) is 9.88 Å². The summed E-state index contributed by atoms with van der Waals surface area (Å²) in [5.74, 6) is 1.63. The smallest absolute Gasteiger partial charge is 0.209 e. The van der Waals surface area contributed by atoms with Crippen LogP contribution >= 0.6 is 15.9 Å². The molecule has 0 spiro atoms. The summed E-state index contributed by atoms with van der Waals surface area (Å²) in [6.45, 7) is 1.04. The number of methoxy groups -OCH3 is 1. The van der Waals surface area contributed by atoms with Gasteiger partial charge in [-0.1, -0.05) is 15.9 Å². The van der Waals surface area contributed by atoms with Crippen molar-refractivity contribution in [2.24, 2.45) is 0 Å². The van der Waals surface area contributed by atoms with Crippen LogP contribution in [0.1, 0.15) is 11.5 Å². The Bertz CT molecular complexity index is 883. The molecule has 0 saturated carbocycles. The van der Waals surface area contributed by atoms with Crippen molar-refractivity contribution >= 4 is 15.9 Å². The minimum atomic E-state index is -0.285. The number of hydrogen-bond acceptors (Lipinski definition) is 5. The second kappa shape index (κ2) is 9.12. The van der Waals surface area contributed by atoms with Gasteiger partial charge in [-0.05, 0) is 42.5 Å². The molecule has 0 aliphatic heterocycles. The summed E-state index contributed by atoms with van der Waals surface area (Å²) in [6, 6.07) is 12.3. The first-order chi connectivity index (χ1) is 13.1. The van der Waals surface area contributed by atoms with E-state index in [-0.39, 0.29) is 12.4 Å². The summed E-state index contributed by atoms with van der Waals surface area (Å²) < 4.78 is 25.8. The van der Waals surface area contributed by atoms with Crippen LogP contribution in [0.25, 0.3) is 11.3 Å². The van der Waals surface area contributed by atoms with Gasteiger partial charge >= 0.3 is 0 Å². The highest BCUT2D eigenvalue weighted by Gasteiger charge is 2.14. The fourth-order valence-corrected chi connectivity index (χ4v) is 3.13. The Kier molecular flexibility index (Phi) is 6.60. The molecule has 0 bridgehead atoms. The van der Waals surface area contributed by atoms with E-state index in [1.807, 2.05) is 29.2 Å². The summed E-state index contributed by atoms with van der Waals surface area (Å²) in [5, 5.41) is 9.34. The van der Waals surface area contributed by atoms with E-state index < -0.39 is 0 Å². The zero-order chi connectivity index (χ0) is 19.2. The average molecular weight is 435 g/mol. The molecule has 0 atom stereocenters. The Morgan fingerprint density at radius 1 is 1.19 bits per heavy atom. The van der Waals surface area contributed by atoms with Crippen LogP contribution in [0.15, 0.2) is 57.6 Å². The lowest BCUT2D eigenvalue weighted by atomic mass is 10.2. The van der Waals surface area contributed by atoms with Crippen molar-refractivity contribution in [1.29, 1.82) is 0 Å². The first kappa shape index (κ1) is 19.5. The predicted octanol–water partition coefficient (Wildman–Crippen LogP) is 4.25. The van der Waals surface area contributed by atoms with E-state index in [1.54, 1.807) is 25.4 Å². The molecular formula is C20H20BrFN2O3. The maximum absolute atomic E-state index is 14.0. The lowest BCUT2D eigenvalue weighted by molar-refractivity contribution is 0.171. The first-order valence-corrected chi connectivity index (χ1v) is 9.24. The van der Waals surface area contributed by atoms with E-state index in [0.29, 0.717) is 36.8 Å². The molecule has 7 heteroatoms. The van der Waals surface area contributed by atoms with Gasteiger partial charge in [0.25, 0.3) is 0 Å². The SMILES string of the molecule is COc1ccc(-c2cnc(CN(CCO)Cc3cc(Br)ccc3F)o2)cc1. The van der Waals surface area contributed by atoms with Crippen molar-refractivity contribution in [2.45, 2.75) is 13.1 Å². The van der Waals surface area contributed by atoms with Gasteiger partial charge in [-0.2, -0.15) is 0 Å². The van der Waals surface area contributed by atoms with E-state index in [1.165, 1.54) is 6.07 Å². The van der Waals surface area contributed by atoms with Crippen LogP contribution in [0.2, 0.25) is 0 Å².